The largest absolute Gasteiger partial charge is 0.414 e. The van der Waals surface area contributed by atoms with Gasteiger partial charge in [-0.1, -0.05) is 62.3 Å². The second kappa shape index (κ2) is 14.6. The molecule has 0 bridgehead atoms. The van der Waals surface area contributed by atoms with Crippen molar-refractivity contribution in [2.24, 2.45) is 0 Å². The van der Waals surface area contributed by atoms with E-state index in [4.69, 9.17) is 23.7 Å². The van der Waals surface area contributed by atoms with Crippen LogP contribution in [0, 0.1) is 0 Å². The first-order valence-electron chi connectivity index (χ1n) is 15.0. The lowest BCUT2D eigenvalue weighted by molar-refractivity contribution is -0.0509. The Morgan fingerprint density at radius 3 is 1.66 bits per heavy atom. The molecule has 9 nitrogen and oxygen atoms in total. The predicted molar refractivity (Wildman–Crippen MR) is 162 cm³/mol. The first-order chi connectivity index (χ1) is 18.1. The number of hydrogen-bond acceptors (Lipinski definition) is 8. The Balaban J connectivity index is 2.63. The summed E-state index contributed by atoms with van der Waals surface area (Å²) in [6, 6.07) is 9.18. The second-order valence-corrected chi connectivity index (χ2v) is 24.9. The van der Waals surface area contributed by atoms with Gasteiger partial charge in [0, 0.05) is 0 Å². The highest BCUT2D eigenvalue weighted by atomic mass is 28.4. The van der Waals surface area contributed by atoms with Crippen LogP contribution in [0.15, 0.2) is 11.1 Å². The third-order valence-corrected chi connectivity index (χ3v) is 23.4. The van der Waals surface area contributed by atoms with Crippen LogP contribution in [0.1, 0.15) is 68.5 Å². The fourth-order valence-corrected chi connectivity index (χ4v) is 14.1. The predicted octanol–water partition coefficient (Wildman–Crippen LogP) is 5.92. The van der Waals surface area contributed by atoms with Crippen LogP contribution in [0.5, 0.6) is 0 Å². The molecule has 1 aliphatic rings. The van der Waals surface area contributed by atoms with Crippen LogP contribution in [0.4, 0.5) is 5.95 Å². The summed E-state index contributed by atoms with van der Waals surface area (Å²) in [5.41, 5.74) is 5.24. The number of hydrogen-bond donors (Lipinski definition) is 1. The smallest absolute Gasteiger partial charge is 0.354 e. The van der Waals surface area contributed by atoms with Gasteiger partial charge in [-0.25, -0.2) is 9.78 Å². The molecule has 2 heterocycles. The van der Waals surface area contributed by atoms with Gasteiger partial charge in [0.25, 0.3) is 0 Å². The number of ether oxygens (including phenoxy) is 1. The number of rotatable bonds is 17. The van der Waals surface area contributed by atoms with Crippen LogP contribution < -0.4 is 11.4 Å². The number of nitrogen functional groups attached to an aromatic ring is 1. The Morgan fingerprint density at radius 1 is 0.789 bits per heavy atom. The van der Waals surface area contributed by atoms with E-state index in [0.29, 0.717) is 6.61 Å². The summed E-state index contributed by atoms with van der Waals surface area (Å²) in [5, 5.41) is 0. The quantitative estimate of drug-likeness (QED) is 0.224. The van der Waals surface area contributed by atoms with Gasteiger partial charge in [0.05, 0.1) is 6.61 Å². The van der Waals surface area contributed by atoms with Crippen molar-refractivity contribution in [3.05, 3.63) is 16.8 Å². The first-order valence-corrected chi connectivity index (χ1v) is 22.5. The highest BCUT2D eigenvalue weighted by molar-refractivity contribution is 6.74. The summed E-state index contributed by atoms with van der Waals surface area (Å²) < 4.78 is 29.3. The van der Waals surface area contributed by atoms with Crippen molar-refractivity contribution in [1.82, 2.24) is 14.5 Å². The zero-order valence-electron chi connectivity index (χ0n) is 25.4. The zero-order chi connectivity index (χ0) is 28.6. The van der Waals surface area contributed by atoms with Gasteiger partial charge in [-0.15, -0.1) is 0 Å². The summed E-state index contributed by atoms with van der Waals surface area (Å²) in [6.45, 7) is 20.5. The summed E-state index contributed by atoms with van der Waals surface area (Å²) in [5.74, 6) is -0.0483. The fourth-order valence-electron chi connectivity index (χ4n) is 5.76. The zero-order valence-corrected chi connectivity index (χ0v) is 28.4. The average molecular weight is 587 g/mol. The first kappa shape index (κ1) is 33.3. The minimum absolute atomic E-state index is 0.0483. The normalized spacial score (nSPS) is 22.8. The molecule has 1 aliphatic heterocycles. The third-order valence-electron chi connectivity index (χ3n) is 9.43. The Kier molecular flexibility index (Phi) is 12.8. The summed E-state index contributed by atoms with van der Waals surface area (Å²) >= 11 is 0. The molecule has 0 radical (unpaired) electrons. The summed E-state index contributed by atoms with van der Waals surface area (Å²) in [7, 11) is -6.03. The van der Waals surface area contributed by atoms with E-state index in [1.54, 1.807) is 0 Å². The van der Waals surface area contributed by atoms with Gasteiger partial charge >= 0.3 is 5.69 Å². The Hall–Kier alpha value is -0.899. The molecule has 0 aliphatic carbocycles. The van der Waals surface area contributed by atoms with Crippen LogP contribution in [-0.2, 0) is 18.0 Å². The number of nitrogens with two attached hydrogens (primary N) is 1. The lowest BCUT2D eigenvalue weighted by Gasteiger charge is -2.40. The molecule has 1 saturated heterocycles. The molecule has 1 fully saturated rings. The van der Waals surface area contributed by atoms with Crippen molar-refractivity contribution in [2.75, 3.05) is 12.3 Å². The van der Waals surface area contributed by atoms with Crippen molar-refractivity contribution in [3.8, 4) is 0 Å². The van der Waals surface area contributed by atoms with Crippen molar-refractivity contribution >= 4 is 30.9 Å². The molecular formula is C26H54N4O5Si3. The van der Waals surface area contributed by atoms with E-state index in [1.165, 1.54) is 10.9 Å². The van der Waals surface area contributed by atoms with E-state index in [9.17, 15) is 4.79 Å². The molecule has 2 rings (SSSR count). The minimum Gasteiger partial charge on any atom is -0.414 e. The molecule has 0 saturated carbocycles. The average Bonchev–Trinajstić information content (AvgIpc) is 3.27. The lowest BCUT2D eigenvalue weighted by Crippen LogP contribution is -2.53. The molecule has 0 unspecified atom stereocenters. The molecular weight excluding hydrogens is 533 g/mol. The lowest BCUT2D eigenvalue weighted by atomic mass is 10.1. The SMILES string of the molecule is CC[Si](CC)(CC)OC[C@H]1O[C@@H](n2cnc(N)nc2=O)[C@H](O[Si](CC)(CC)CC)[C@@H]1O[Si](CC)(CC)CC. The van der Waals surface area contributed by atoms with Gasteiger partial charge in [0.15, 0.2) is 31.2 Å². The maximum atomic E-state index is 13.0. The molecule has 1 aromatic rings. The van der Waals surface area contributed by atoms with Gasteiger partial charge < -0.3 is 23.7 Å². The highest BCUT2D eigenvalue weighted by Crippen LogP contribution is 2.40. The highest BCUT2D eigenvalue weighted by Gasteiger charge is 2.53. The third kappa shape index (κ3) is 7.24. The maximum Gasteiger partial charge on any atom is 0.354 e. The molecule has 220 valence electrons. The van der Waals surface area contributed by atoms with Crippen molar-refractivity contribution in [3.63, 3.8) is 0 Å². The number of nitrogens with zero attached hydrogens (tertiary/aromatic N) is 3. The van der Waals surface area contributed by atoms with Crippen LogP contribution in [0.2, 0.25) is 54.4 Å². The van der Waals surface area contributed by atoms with Crippen LogP contribution >= 0.6 is 0 Å². The number of aromatic nitrogens is 3. The number of anilines is 1. The van der Waals surface area contributed by atoms with Gasteiger partial charge in [-0.05, 0) is 54.4 Å². The molecule has 0 amide bonds. The summed E-state index contributed by atoms with van der Waals surface area (Å²) in [6.07, 6.45) is -0.384. The van der Waals surface area contributed by atoms with E-state index in [0.717, 1.165) is 54.4 Å². The van der Waals surface area contributed by atoms with Gasteiger partial charge in [0.2, 0.25) is 5.95 Å². The molecule has 38 heavy (non-hydrogen) atoms. The fraction of sp³-hybridized carbons (Fsp3) is 0.885. The molecule has 1 aromatic heterocycles. The van der Waals surface area contributed by atoms with Gasteiger partial charge in [0.1, 0.15) is 24.6 Å². The molecule has 0 aromatic carbocycles. The van der Waals surface area contributed by atoms with Crippen LogP contribution in [-0.4, -0.2) is 64.4 Å². The van der Waals surface area contributed by atoms with Crippen molar-refractivity contribution in [2.45, 2.75) is 141 Å². The van der Waals surface area contributed by atoms with E-state index in [1.807, 2.05) is 0 Å². The second-order valence-electron chi connectivity index (χ2n) is 10.7. The van der Waals surface area contributed by atoms with E-state index in [2.05, 4.69) is 72.3 Å². The molecule has 0 spiro atoms. The molecule has 12 heteroatoms. The van der Waals surface area contributed by atoms with Crippen LogP contribution in [0.3, 0.4) is 0 Å². The summed E-state index contributed by atoms with van der Waals surface area (Å²) in [4.78, 5) is 21.0. The standard InChI is InChI=1S/C26H54N4O5Si3/c1-10-36(11-2,12-3)32-19-21-22(34-37(13-4,14-5)15-6)23(35-38(16-7,17-8)18-9)24(33-21)30-20-28-25(27)29-26(30)31/h20-24H,10-19H2,1-9H3,(H2,27,29,31)/t21-,22-,23-,24-/m1/s1. The monoisotopic (exact) mass is 586 g/mol. The Bertz CT molecular complexity index is 884. The van der Waals surface area contributed by atoms with Gasteiger partial charge in [-0.3, -0.25) is 4.57 Å². The molecule has 4 atom stereocenters. The van der Waals surface area contributed by atoms with Crippen LogP contribution in [0.25, 0.3) is 0 Å². The minimum atomic E-state index is -2.10. The Labute approximate surface area is 233 Å². The van der Waals surface area contributed by atoms with E-state index < -0.39 is 43.0 Å². The Morgan fingerprint density at radius 2 is 1.24 bits per heavy atom. The van der Waals surface area contributed by atoms with E-state index >= 15 is 0 Å². The molecule has 2 N–H and O–H groups in total. The maximum absolute atomic E-state index is 13.0. The van der Waals surface area contributed by atoms with E-state index in [-0.39, 0.29) is 18.2 Å². The van der Waals surface area contributed by atoms with Gasteiger partial charge in [-0.2, -0.15) is 4.98 Å². The van der Waals surface area contributed by atoms with Crippen molar-refractivity contribution < 1.29 is 18.0 Å². The topological polar surface area (TPSA) is 111 Å². The van der Waals surface area contributed by atoms with Crippen molar-refractivity contribution in [1.29, 1.82) is 0 Å².